The van der Waals surface area contributed by atoms with Crippen molar-refractivity contribution in [3.05, 3.63) is 71.8 Å². The van der Waals surface area contributed by atoms with Crippen LogP contribution in [0.1, 0.15) is 29.8 Å². The van der Waals surface area contributed by atoms with Crippen LogP contribution in [0.4, 0.5) is 0 Å². The summed E-state index contributed by atoms with van der Waals surface area (Å²) < 4.78 is 2.06. The van der Waals surface area contributed by atoms with Crippen LogP contribution in [-0.4, -0.2) is 32.4 Å². The smallest absolute Gasteiger partial charge is 0.137 e. The number of nitrogens with one attached hydrogen (secondary N) is 2. The van der Waals surface area contributed by atoms with Crippen LogP contribution in [0.2, 0.25) is 0 Å². The van der Waals surface area contributed by atoms with E-state index in [1.807, 2.05) is 24.4 Å². The van der Waals surface area contributed by atoms with E-state index < -0.39 is 0 Å². The zero-order chi connectivity index (χ0) is 18.1. The third-order valence-corrected chi connectivity index (χ3v) is 5.38. The Kier molecular flexibility index (Phi) is 4.40. The van der Waals surface area contributed by atoms with Gasteiger partial charge < -0.3 is 14.7 Å². The van der Waals surface area contributed by atoms with Gasteiger partial charge in [-0.25, -0.2) is 4.98 Å². The average molecular weight is 359 g/mol. The van der Waals surface area contributed by atoms with Crippen LogP contribution in [0, 0.1) is 0 Å². The molecule has 5 nitrogen and oxygen atoms in total. The summed E-state index contributed by atoms with van der Waals surface area (Å²) in [6, 6.07) is 15.1. The quantitative estimate of drug-likeness (QED) is 0.552. The second kappa shape index (κ2) is 7.18. The molecule has 5 heteroatoms. The predicted molar refractivity (Wildman–Crippen MR) is 109 cm³/mol. The van der Waals surface area contributed by atoms with Gasteiger partial charge in [-0.1, -0.05) is 12.1 Å². The van der Waals surface area contributed by atoms with Crippen molar-refractivity contribution in [1.29, 1.82) is 0 Å². The Labute approximate surface area is 159 Å². The van der Waals surface area contributed by atoms with E-state index in [-0.39, 0.29) is 0 Å². The molecule has 0 saturated carbocycles. The summed E-state index contributed by atoms with van der Waals surface area (Å²) >= 11 is 0. The van der Waals surface area contributed by atoms with Gasteiger partial charge in [0.1, 0.15) is 5.65 Å². The molecule has 2 N–H and O–H groups in total. The highest BCUT2D eigenvalue weighted by Crippen LogP contribution is 2.20. The monoisotopic (exact) mass is 359 g/mol. The standard InChI is InChI=1S/C22H25N5/c1-2-10-27-16-20(25-22(27)5-1)14-23-13-17-6-7-21-18(11-17)12-19(24-21)15-26-8-3-4-9-26/h1-2,5-7,10-12,16,23-24H,3-4,8-9,13-15H2. The molecule has 1 aromatic carbocycles. The molecule has 1 aliphatic rings. The second-order valence-electron chi connectivity index (χ2n) is 7.50. The third kappa shape index (κ3) is 3.61. The SMILES string of the molecule is c1ccn2cc(CNCc3ccc4[nH]c(CN5CCCC5)cc4c3)nc2c1. The van der Waals surface area contributed by atoms with Crippen molar-refractivity contribution in [3.63, 3.8) is 0 Å². The van der Waals surface area contributed by atoms with Crippen LogP contribution in [0.25, 0.3) is 16.6 Å². The fourth-order valence-corrected chi connectivity index (χ4v) is 4.03. The molecule has 5 rings (SSSR count). The summed E-state index contributed by atoms with van der Waals surface area (Å²) in [5, 5.41) is 4.82. The number of imidazole rings is 1. The summed E-state index contributed by atoms with van der Waals surface area (Å²) in [6.07, 6.45) is 6.79. The van der Waals surface area contributed by atoms with Crippen LogP contribution in [-0.2, 0) is 19.6 Å². The van der Waals surface area contributed by atoms with Gasteiger partial charge in [-0.2, -0.15) is 0 Å². The maximum absolute atomic E-state index is 4.64. The lowest BCUT2D eigenvalue weighted by atomic mass is 10.1. The number of pyridine rings is 1. The highest BCUT2D eigenvalue weighted by atomic mass is 15.1. The Morgan fingerprint density at radius 2 is 1.96 bits per heavy atom. The Bertz CT molecular complexity index is 1020. The van der Waals surface area contributed by atoms with Crippen molar-refractivity contribution in [3.8, 4) is 0 Å². The lowest BCUT2D eigenvalue weighted by molar-refractivity contribution is 0.328. The van der Waals surface area contributed by atoms with Crippen LogP contribution in [0.15, 0.2) is 54.9 Å². The summed E-state index contributed by atoms with van der Waals surface area (Å²) in [4.78, 5) is 10.7. The molecule has 1 fully saturated rings. The predicted octanol–water partition coefficient (Wildman–Crippen LogP) is 3.70. The number of nitrogens with zero attached hydrogens (tertiary/aromatic N) is 3. The molecule has 0 unspecified atom stereocenters. The Balaban J connectivity index is 1.23. The number of hydrogen-bond donors (Lipinski definition) is 2. The Morgan fingerprint density at radius 1 is 1.04 bits per heavy atom. The molecule has 3 aromatic heterocycles. The lowest BCUT2D eigenvalue weighted by Gasteiger charge is -2.12. The summed E-state index contributed by atoms with van der Waals surface area (Å²) in [7, 11) is 0. The van der Waals surface area contributed by atoms with Gasteiger partial charge in [-0.05, 0) is 61.8 Å². The number of aromatic amines is 1. The van der Waals surface area contributed by atoms with Crippen LogP contribution in [0.3, 0.4) is 0 Å². The summed E-state index contributed by atoms with van der Waals surface area (Å²) in [5.74, 6) is 0. The van der Waals surface area contributed by atoms with Crippen molar-refractivity contribution < 1.29 is 0 Å². The molecule has 0 aliphatic carbocycles. The van der Waals surface area contributed by atoms with Gasteiger partial charge >= 0.3 is 0 Å². The Hall–Kier alpha value is -2.63. The molecule has 0 bridgehead atoms. The van der Waals surface area contributed by atoms with Gasteiger partial charge in [0, 0.05) is 48.6 Å². The number of hydrogen-bond acceptors (Lipinski definition) is 3. The van der Waals surface area contributed by atoms with Crippen LogP contribution < -0.4 is 5.32 Å². The maximum atomic E-state index is 4.64. The minimum atomic E-state index is 0.771. The second-order valence-corrected chi connectivity index (χ2v) is 7.50. The molecule has 0 amide bonds. The zero-order valence-corrected chi connectivity index (χ0v) is 15.5. The van der Waals surface area contributed by atoms with Gasteiger partial charge in [0.25, 0.3) is 0 Å². The number of benzene rings is 1. The normalized spacial score (nSPS) is 15.3. The fraction of sp³-hybridized carbons (Fsp3) is 0.318. The van der Waals surface area contributed by atoms with E-state index in [0.717, 1.165) is 31.0 Å². The zero-order valence-electron chi connectivity index (χ0n) is 15.5. The van der Waals surface area contributed by atoms with Crippen molar-refractivity contribution in [2.45, 2.75) is 32.5 Å². The molecule has 4 heterocycles. The molecule has 4 aromatic rings. The lowest BCUT2D eigenvalue weighted by Crippen LogP contribution is -2.18. The molecule has 27 heavy (non-hydrogen) atoms. The first kappa shape index (κ1) is 16.5. The first-order valence-corrected chi connectivity index (χ1v) is 9.80. The van der Waals surface area contributed by atoms with E-state index in [2.05, 4.69) is 55.0 Å². The molecule has 1 saturated heterocycles. The first-order valence-electron chi connectivity index (χ1n) is 9.80. The van der Waals surface area contributed by atoms with E-state index in [9.17, 15) is 0 Å². The van der Waals surface area contributed by atoms with Gasteiger partial charge in [-0.15, -0.1) is 0 Å². The summed E-state index contributed by atoms with van der Waals surface area (Å²) in [5.41, 5.74) is 5.92. The fourth-order valence-electron chi connectivity index (χ4n) is 4.03. The maximum Gasteiger partial charge on any atom is 0.137 e. The van der Waals surface area contributed by atoms with Crippen molar-refractivity contribution >= 4 is 16.6 Å². The minimum absolute atomic E-state index is 0.771. The topological polar surface area (TPSA) is 48.4 Å². The van der Waals surface area contributed by atoms with Crippen molar-refractivity contribution in [2.75, 3.05) is 13.1 Å². The van der Waals surface area contributed by atoms with Crippen molar-refractivity contribution in [1.82, 2.24) is 24.6 Å². The highest BCUT2D eigenvalue weighted by Gasteiger charge is 2.13. The van der Waals surface area contributed by atoms with Gasteiger partial charge in [-0.3, -0.25) is 4.90 Å². The van der Waals surface area contributed by atoms with E-state index in [0.29, 0.717) is 0 Å². The molecular weight excluding hydrogens is 334 g/mol. The van der Waals surface area contributed by atoms with Crippen LogP contribution in [0.5, 0.6) is 0 Å². The molecular formula is C22H25N5. The van der Waals surface area contributed by atoms with E-state index >= 15 is 0 Å². The summed E-state index contributed by atoms with van der Waals surface area (Å²) in [6.45, 7) is 5.11. The molecule has 138 valence electrons. The molecule has 0 atom stereocenters. The van der Waals surface area contributed by atoms with Gasteiger partial charge in [0.05, 0.1) is 5.69 Å². The van der Waals surface area contributed by atoms with E-state index in [4.69, 9.17) is 0 Å². The van der Waals surface area contributed by atoms with Crippen molar-refractivity contribution in [2.24, 2.45) is 0 Å². The third-order valence-electron chi connectivity index (χ3n) is 5.38. The average Bonchev–Trinajstić information content (AvgIpc) is 3.40. The largest absolute Gasteiger partial charge is 0.357 e. The first-order chi connectivity index (χ1) is 13.3. The van der Waals surface area contributed by atoms with Crippen LogP contribution >= 0.6 is 0 Å². The number of H-pyrrole nitrogens is 1. The van der Waals surface area contributed by atoms with E-state index in [1.165, 1.54) is 48.1 Å². The molecule has 0 radical (unpaired) electrons. The highest BCUT2D eigenvalue weighted by molar-refractivity contribution is 5.81. The van der Waals surface area contributed by atoms with E-state index in [1.54, 1.807) is 0 Å². The van der Waals surface area contributed by atoms with Gasteiger partial charge in [0.15, 0.2) is 0 Å². The number of likely N-dealkylation sites (tertiary alicyclic amines) is 1. The molecule has 0 spiro atoms. The number of aromatic nitrogens is 3. The number of rotatable bonds is 6. The molecule has 1 aliphatic heterocycles. The number of fused-ring (bicyclic) bond motifs is 2. The Morgan fingerprint density at radius 3 is 2.85 bits per heavy atom. The minimum Gasteiger partial charge on any atom is -0.357 e. The van der Waals surface area contributed by atoms with Gasteiger partial charge in [0.2, 0.25) is 0 Å².